The Bertz CT molecular complexity index is 973. The summed E-state index contributed by atoms with van der Waals surface area (Å²) >= 11 is 5.11. The second-order valence-corrected chi connectivity index (χ2v) is 6.78. The largest absolute Gasteiger partial charge is 0.235 e. The number of rotatable bonds is 2. The van der Waals surface area contributed by atoms with Crippen LogP contribution in [0.1, 0.15) is 5.56 Å². The van der Waals surface area contributed by atoms with Crippen LogP contribution in [-0.2, 0) is 0 Å². The van der Waals surface area contributed by atoms with E-state index in [1.807, 2.05) is 40.9 Å². The zero-order valence-corrected chi connectivity index (χ0v) is 14.1. The van der Waals surface area contributed by atoms with E-state index in [9.17, 15) is 0 Å². The first-order valence-corrected chi connectivity index (χ1v) is 8.37. The maximum atomic E-state index is 4.69. The van der Waals surface area contributed by atoms with Gasteiger partial charge in [0, 0.05) is 15.6 Å². The van der Waals surface area contributed by atoms with Crippen LogP contribution in [0.25, 0.3) is 26.9 Å². The molecule has 2 aromatic carbocycles. The molecule has 0 unspecified atom stereocenters. The van der Waals surface area contributed by atoms with Gasteiger partial charge in [-0.2, -0.15) is 9.61 Å². The summed E-state index contributed by atoms with van der Waals surface area (Å²) in [6, 6.07) is 16.3. The predicted octanol–water partition coefficient (Wildman–Crippen LogP) is 4.59. The second-order valence-electron chi connectivity index (χ2n) is 4.97. The first-order valence-electron chi connectivity index (χ1n) is 6.76. The van der Waals surface area contributed by atoms with Crippen molar-refractivity contribution in [1.29, 1.82) is 0 Å². The molecule has 0 N–H and O–H groups in total. The van der Waals surface area contributed by atoms with E-state index >= 15 is 0 Å². The quantitative estimate of drug-likeness (QED) is 0.518. The third kappa shape index (κ3) is 2.24. The minimum atomic E-state index is 0.772. The number of halogens is 1. The molecular weight excluding hydrogens is 360 g/mol. The SMILES string of the molecule is Cc1cccc(-c2nnc3sc(-c4ccccc4Br)nn23)c1. The van der Waals surface area contributed by atoms with E-state index in [0.29, 0.717) is 0 Å². The van der Waals surface area contributed by atoms with Crippen molar-refractivity contribution in [2.24, 2.45) is 0 Å². The van der Waals surface area contributed by atoms with Crippen LogP contribution in [0.15, 0.2) is 53.0 Å². The highest BCUT2D eigenvalue weighted by Gasteiger charge is 2.15. The van der Waals surface area contributed by atoms with Gasteiger partial charge in [-0.05, 0) is 19.1 Å². The van der Waals surface area contributed by atoms with Crippen LogP contribution < -0.4 is 0 Å². The number of aromatic nitrogens is 4. The number of aryl methyl sites for hydroxylation is 1. The van der Waals surface area contributed by atoms with Crippen LogP contribution in [0.3, 0.4) is 0 Å². The zero-order valence-electron chi connectivity index (χ0n) is 11.7. The van der Waals surface area contributed by atoms with E-state index in [1.165, 1.54) is 16.9 Å². The Morgan fingerprint density at radius 3 is 2.73 bits per heavy atom. The molecule has 4 aromatic rings. The van der Waals surface area contributed by atoms with Crippen molar-refractivity contribution in [3.05, 3.63) is 58.6 Å². The van der Waals surface area contributed by atoms with Crippen molar-refractivity contribution in [3.63, 3.8) is 0 Å². The summed E-state index contributed by atoms with van der Waals surface area (Å²) in [7, 11) is 0. The highest BCUT2D eigenvalue weighted by molar-refractivity contribution is 9.10. The van der Waals surface area contributed by atoms with E-state index < -0.39 is 0 Å². The van der Waals surface area contributed by atoms with Gasteiger partial charge in [0.2, 0.25) is 4.96 Å². The molecule has 2 aromatic heterocycles. The van der Waals surface area contributed by atoms with E-state index in [4.69, 9.17) is 0 Å². The van der Waals surface area contributed by atoms with Crippen molar-refractivity contribution < 1.29 is 0 Å². The van der Waals surface area contributed by atoms with Crippen molar-refractivity contribution in [3.8, 4) is 22.0 Å². The molecule has 0 aliphatic rings. The maximum absolute atomic E-state index is 4.69. The highest BCUT2D eigenvalue weighted by atomic mass is 79.9. The molecule has 0 atom stereocenters. The summed E-state index contributed by atoms with van der Waals surface area (Å²) in [5, 5.41) is 14.1. The lowest BCUT2D eigenvalue weighted by atomic mass is 10.1. The molecule has 108 valence electrons. The fraction of sp³-hybridized carbons (Fsp3) is 0.0625. The molecule has 2 heterocycles. The van der Waals surface area contributed by atoms with E-state index in [2.05, 4.69) is 50.3 Å². The Morgan fingerprint density at radius 2 is 1.91 bits per heavy atom. The standard InChI is InChI=1S/C16H11BrN4S/c1-10-5-4-6-11(9-10)14-18-19-16-21(14)20-15(22-16)12-7-2-3-8-13(12)17/h2-9H,1H3. The predicted molar refractivity (Wildman–Crippen MR) is 92.0 cm³/mol. The fourth-order valence-electron chi connectivity index (χ4n) is 2.32. The van der Waals surface area contributed by atoms with Crippen LogP contribution in [0.2, 0.25) is 0 Å². The Balaban J connectivity index is 1.88. The lowest BCUT2D eigenvalue weighted by Gasteiger charge is -1.99. The molecule has 0 bridgehead atoms. The summed E-state index contributed by atoms with van der Waals surface area (Å²) in [5.41, 5.74) is 3.28. The lowest BCUT2D eigenvalue weighted by Crippen LogP contribution is -1.91. The third-order valence-corrected chi connectivity index (χ3v) is 4.99. The van der Waals surface area contributed by atoms with Crippen LogP contribution in [0.4, 0.5) is 0 Å². The molecule has 0 aliphatic heterocycles. The summed E-state index contributed by atoms with van der Waals surface area (Å²) in [6.07, 6.45) is 0. The highest BCUT2D eigenvalue weighted by Crippen LogP contribution is 2.32. The molecule has 22 heavy (non-hydrogen) atoms. The Kier molecular flexibility index (Phi) is 3.28. The monoisotopic (exact) mass is 370 g/mol. The topological polar surface area (TPSA) is 43.1 Å². The van der Waals surface area contributed by atoms with Crippen LogP contribution >= 0.6 is 27.3 Å². The Morgan fingerprint density at radius 1 is 1.05 bits per heavy atom. The van der Waals surface area contributed by atoms with Gasteiger partial charge in [0.25, 0.3) is 0 Å². The number of hydrogen-bond donors (Lipinski definition) is 0. The number of hydrogen-bond acceptors (Lipinski definition) is 4. The van der Waals surface area contributed by atoms with Crippen molar-refractivity contribution in [1.82, 2.24) is 19.8 Å². The minimum Gasteiger partial charge on any atom is -0.182 e. The maximum Gasteiger partial charge on any atom is 0.235 e. The smallest absolute Gasteiger partial charge is 0.182 e. The van der Waals surface area contributed by atoms with Crippen molar-refractivity contribution in [2.45, 2.75) is 6.92 Å². The molecule has 4 nitrogen and oxygen atoms in total. The minimum absolute atomic E-state index is 0.772. The van der Waals surface area contributed by atoms with Gasteiger partial charge in [-0.3, -0.25) is 0 Å². The first kappa shape index (κ1) is 13.6. The molecule has 4 rings (SSSR count). The molecule has 6 heteroatoms. The fourth-order valence-corrected chi connectivity index (χ4v) is 3.81. The second kappa shape index (κ2) is 5.30. The van der Waals surface area contributed by atoms with Gasteiger partial charge in [-0.15, -0.1) is 10.2 Å². The van der Waals surface area contributed by atoms with Gasteiger partial charge in [-0.25, -0.2) is 0 Å². The van der Waals surface area contributed by atoms with E-state index in [-0.39, 0.29) is 0 Å². The van der Waals surface area contributed by atoms with Gasteiger partial charge in [-0.1, -0.05) is 69.2 Å². The van der Waals surface area contributed by atoms with Gasteiger partial charge < -0.3 is 0 Å². The average molecular weight is 371 g/mol. The molecular formula is C16H11BrN4S. The van der Waals surface area contributed by atoms with E-state index in [0.717, 1.165) is 31.4 Å². The first-order chi connectivity index (χ1) is 10.7. The van der Waals surface area contributed by atoms with Gasteiger partial charge >= 0.3 is 0 Å². The Hall–Kier alpha value is -2.05. The third-order valence-electron chi connectivity index (χ3n) is 3.37. The van der Waals surface area contributed by atoms with E-state index in [1.54, 1.807) is 0 Å². The zero-order chi connectivity index (χ0) is 15.1. The van der Waals surface area contributed by atoms with Crippen molar-refractivity contribution >= 4 is 32.2 Å². The summed E-state index contributed by atoms with van der Waals surface area (Å²) in [4.78, 5) is 0.794. The van der Waals surface area contributed by atoms with Crippen LogP contribution in [0.5, 0.6) is 0 Å². The number of fused-ring (bicyclic) bond motifs is 1. The number of nitrogens with zero attached hydrogens (tertiary/aromatic N) is 4. The normalized spacial score (nSPS) is 11.2. The Labute approximate surface area is 139 Å². The molecule has 0 spiro atoms. The van der Waals surface area contributed by atoms with Crippen LogP contribution in [0, 0.1) is 6.92 Å². The molecule has 0 radical (unpaired) electrons. The summed E-state index contributed by atoms with van der Waals surface area (Å²) in [5.74, 6) is 0.772. The molecule has 0 amide bonds. The summed E-state index contributed by atoms with van der Waals surface area (Å²) < 4.78 is 2.84. The molecule has 0 saturated heterocycles. The number of benzene rings is 2. The molecule has 0 aliphatic carbocycles. The lowest BCUT2D eigenvalue weighted by molar-refractivity contribution is 0.970. The van der Waals surface area contributed by atoms with Crippen LogP contribution in [-0.4, -0.2) is 19.8 Å². The molecule has 0 fully saturated rings. The average Bonchev–Trinajstić information content (AvgIpc) is 3.07. The summed E-state index contributed by atoms with van der Waals surface area (Å²) in [6.45, 7) is 2.06. The van der Waals surface area contributed by atoms with Gasteiger partial charge in [0.1, 0.15) is 5.01 Å². The van der Waals surface area contributed by atoms with Gasteiger partial charge in [0.15, 0.2) is 5.82 Å². The molecule has 0 saturated carbocycles. The van der Waals surface area contributed by atoms with Gasteiger partial charge in [0.05, 0.1) is 0 Å². The van der Waals surface area contributed by atoms with Crippen molar-refractivity contribution in [2.75, 3.05) is 0 Å².